The van der Waals surface area contributed by atoms with Crippen molar-refractivity contribution in [1.29, 1.82) is 0 Å². The van der Waals surface area contributed by atoms with Gasteiger partial charge in [-0.2, -0.15) is 0 Å². The fourth-order valence-electron chi connectivity index (χ4n) is 1.63. The first kappa shape index (κ1) is 16.2. The van der Waals surface area contributed by atoms with Crippen molar-refractivity contribution < 1.29 is 22.9 Å². The minimum Gasteiger partial charge on any atom is -0.480 e. The van der Waals surface area contributed by atoms with Gasteiger partial charge in [0.2, 0.25) is 0 Å². The Kier molecular flexibility index (Phi) is 5.61. The zero-order chi connectivity index (χ0) is 14.7. The molecule has 7 heteroatoms. The summed E-state index contributed by atoms with van der Waals surface area (Å²) >= 11 is 2.91. The molecule has 0 heterocycles. The van der Waals surface area contributed by atoms with Crippen LogP contribution >= 0.6 is 15.9 Å². The monoisotopic (exact) mass is 354 g/mol. The molecule has 0 saturated carbocycles. The van der Waals surface area contributed by atoms with Crippen molar-refractivity contribution in [3.8, 4) is 0 Å². The second-order valence-corrected chi connectivity index (χ2v) is 6.76. The molecular weight excluding hydrogens is 342 g/mol. The fourth-order valence-corrected chi connectivity index (χ4v) is 3.57. The quantitative estimate of drug-likeness (QED) is 0.826. The van der Waals surface area contributed by atoms with Gasteiger partial charge in [0.25, 0.3) is 0 Å². The van der Waals surface area contributed by atoms with E-state index in [1.807, 2.05) is 0 Å². The van der Waals surface area contributed by atoms with E-state index in [2.05, 4.69) is 15.9 Å². The molecule has 0 aliphatic carbocycles. The van der Waals surface area contributed by atoms with Crippen LogP contribution in [0.5, 0.6) is 0 Å². The molecule has 1 aromatic carbocycles. The molecule has 0 spiro atoms. The molecule has 1 rings (SSSR count). The van der Waals surface area contributed by atoms with Gasteiger partial charge >= 0.3 is 5.97 Å². The second kappa shape index (κ2) is 6.56. The van der Waals surface area contributed by atoms with E-state index in [-0.39, 0.29) is 10.0 Å². The van der Waals surface area contributed by atoms with Crippen molar-refractivity contribution >= 4 is 32.7 Å². The van der Waals surface area contributed by atoms with Gasteiger partial charge in [0.15, 0.2) is 0 Å². The lowest BCUT2D eigenvalue weighted by atomic mass is 10.1. The van der Waals surface area contributed by atoms with Gasteiger partial charge in [0.1, 0.15) is 16.9 Å². The van der Waals surface area contributed by atoms with Crippen molar-refractivity contribution in [2.24, 2.45) is 5.92 Å². The van der Waals surface area contributed by atoms with E-state index >= 15 is 0 Å². The zero-order valence-electron chi connectivity index (χ0n) is 10.3. The maximum Gasteiger partial charge on any atom is 0.319 e. The molecule has 1 N–H and O–H groups in total. The van der Waals surface area contributed by atoms with Crippen molar-refractivity contribution in [2.45, 2.75) is 24.9 Å². The highest BCUT2D eigenvalue weighted by Crippen LogP contribution is 2.24. The van der Waals surface area contributed by atoms with Crippen LogP contribution in [0, 0.1) is 17.6 Å². The number of hydrogen-bond donors (Lipinski definition) is 1. The fraction of sp³-hybridized carbons (Fsp3) is 0.417. The van der Waals surface area contributed by atoms with Crippen LogP contribution < -0.4 is 0 Å². The minimum absolute atomic E-state index is 0.0531. The lowest BCUT2D eigenvalue weighted by Gasteiger charge is -2.16. The third-order valence-electron chi connectivity index (χ3n) is 2.56. The third kappa shape index (κ3) is 3.82. The summed E-state index contributed by atoms with van der Waals surface area (Å²) in [4.78, 5) is 11.0. The van der Waals surface area contributed by atoms with Gasteiger partial charge in [0.05, 0.1) is 10.2 Å². The van der Waals surface area contributed by atoms with Crippen LogP contribution in [0.15, 0.2) is 16.6 Å². The Balaban J connectivity index is 3.06. The summed E-state index contributed by atoms with van der Waals surface area (Å²) in [5, 5.41) is 7.84. The molecule has 3 nitrogen and oxygen atoms in total. The number of aliphatic carboxylic acids is 1. The van der Waals surface area contributed by atoms with Crippen LogP contribution in [0.25, 0.3) is 0 Å². The SMILES string of the molecule is CC(C)C(C(=O)O)S(=O)Cc1c(F)ccc(Br)c1F. The zero-order valence-corrected chi connectivity index (χ0v) is 12.7. The number of carboxylic acids is 1. The van der Waals surface area contributed by atoms with E-state index in [1.54, 1.807) is 13.8 Å². The predicted octanol–water partition coefficient (Wildman–Crippen LogP) is 3.09. The first-order valence-corrected chi connectivity index (χ1v) is 7.65. The summed E-state index contributed by atoms with van der Waals surface area (Å²) in [6.07, 6.45) is 0. The molecule has 1 aromatic rings. The number of halogens is 3. The number of benzene rings is 1. The normalized spacial score (nSPS) is 14.4. The Morgan fingerprint density at radius 1 is 1.42 bits per heavy atom. The molecule has 0 aliphatic rings. The topological polar surface area (TPSA) is 54.4 Å². The molecule has 2 atom stereocenters. The van der Waals surface area contributed by atoms with Gasteiger partial charge in [-0.25, -0.2) is 8.78 Å². The van der Waals surface area contributed by atoms with Gasteiger partial charge < -0.3 is 5.11 Å². The maximum absolute atomic E-state index is 13.7. The maximum atomic E-state index is 13.7. The van der Waals surface area contributed by atoms with Gasteiger partial charge in [-0.15, -0.1) is 0 Å². The van der Waals surface area contributed by atoms with E-state index in [9.17, 15) is 17.8 Å². The number of carbonyl (C=O) groups is 1. The second-order valence-electron chi connectivity index (χ2n) is 4.35. The summed E-state index contributed by atoms with van der Waals surface area (Å²) < 4.78 is 39.3. The Bertz CT molecular complexity index is 520. The van der Waals surface area contributed by atoms with Crippen molar-refractivity contribution in [2.75, 3.05) is 0 Å². The standard InChI is InChI=1S/C12H13BrF2O3S/c1-6(2)11(12(16)17)19(18)5-7-9(14)4-3-8(13)10(7)15/h3-4,6,11H,5H2,1-2H3,(H,16,17). The largest absolute Gasteiger partial charge is 0.480 e. The summed E-state index contributed by atoms with van der Waals surface area (Å²) in [6, 6.07) is 2.25. The van der Waals surface area contributed by atoms with Gasteiger partial charge in [-0.3, -0.25) is 9.00 Å². The molecule has 0 bridgehead atoms. The summed E-state index contributed by atoms with van der Waals surface area (Å²) in [7, 11) is -1.90. The smallest absolute Gasteiger partial charge is 0.319 e. The molecule has 0 aromatic heterocycles. The van der Waals surface area contributed by atoms with E-state index in [4.69, 9.17) is 5.11 Å². The number of hydrogen-bond acceptors (Lipinski definition) is 2. The highest BCUT2D eigenvalue weighted by Gasteiger charge is 2.29. The molecule has 0 fully saturated rings. The summed E-state index contributed by atoms with van der Waals surface area (Å²) in [5.74, 6) is -3.77. The molecule has 0 aliphatic heterocycles. The molecule has 0 amide bonds. The lowest BCUT2D eigenvalue weighted by molar-refractivity contribution is -0.137. The molecule has 0 radical (unpaired) electrons. The van der Waals surface area contributed by atoms with Crippen molar-refractivity contribution in [3.05, 3.63) is 33.8 Å². The van der Waals surface area contributed by atoms with Crippen LogP contribution in [0.1, 0.15) is 19.4 Å². The Labute approximate surface area is 120 Å². The lowest BCUT2D eigenvalue weighted by Crippen LogP contribution is -2.32. The number of rotatable bonds is 5. The van der Waals surface area contributed by atoms with Crippen LogP contribution in [-0.4, -0.2) is 20.5 Å². The van der Waals surface area contributed by atoms with Crippen LogP contribution in [0.4, 0.5) is 8.78 Å². The Morgan fingerprint density at radius 3 is 2.47 bits per heavy atom. The molecular formula is C12H13BrF2O3S. The average Bonchev–Trinajstić information content (AvgIpc) is 2.28. The van der Waals surface area contributed by atoms with E-state index in [0.717, 1.165) is 6.07 Å². The minimum atomic E-state index is -1.90. The van der Waals surface area contributed by atoms with E-state index in [0.29, 0.717) is 0 Å². The Hall–Kier alpha value is -0.820. The third-order valence-corrected chi connectivity index (χ3v) is 5.06. The first-order chi connectivity index (χ1) is 8.75. The Morgan fingerprint density at radius 2 is 2.00 bits per heavy atom. The van der Waals surface area contributed by atoms with Gasteiger partial charge in [0, 0.05) is 16.4 Å². The van der Waals surface area contributed by atoms with E-state index in [1.165, 1.54) is 6.07 Å². The van der Waals surface area contributed by atoms with E-state index < -0.39 is 45.3 Å². The van der Waals surface area contributed by atoms with Crippen molar-refractivity contribution in [1.82, 2.24) is 0 Å². The van der Waals surface area contributed by atoms with Gasteiger partial charge in [-0.1, -0.05) is 13.8 Å². The molecule has 0 saturated heterocycles. The van der Waals surface area contributed by atoms with Crippen LogP contribution in [0.2, 0.25) is 0 Å². The highest BCUT2D eigenvalue weighted by atomic mass is 79.9. The molecule has 19 heavy (non-hydrogen) atoms. The van der Waals surface area contributed by atoms with Gasteiger partial charge in [-0.05, 0) is 34.0 Å². The average molecular weight is 355 g/mol. The highest BCUT2D eigenvalue weighted by molar-refractivity contribution is 9.10. The van der Waals surface area contributed by atoms with Crippen LogP contribution in [0.3, 0.4) is 0 Å². The molecule has 2 unspecified atom stereocenters. The predicted molar refractivity (Wildman–Crippen MR) is 72.2 cm³/mol. The van der Waals surface area contributed by atoms with Crippen LogP contribution in [-0.2, 0) is 21.3 Å². The molecule has 106 valence electrons. The summed E-state index contributed by atoms with van der Waals surface area (Å²) in [6.45, 7) is 3.20. The first-order valence-electron chi connectivity index (χ1n) is 5.48. The number of carboxylic acid groups (broad SMARTS) is 1. The summed E-state index contributed by atoms with van der Waals surface area (Å²) in [5.41, 5.74) is -0.361. The van der Waals surface area contributed by atoms with Crippen molar-refractivity contribution in [3.63, 3.8) is 0 Å².